The highest BCUT2D eigenvalue weighted by Crippen LogP contribution is 2.23. The van der Waals surface area contributed by atoms with Crippen LogP contribution in [0.4, 0.5) is 0 Å². The van der Waals surface area contributed by atoms with Gasteiger partial charge in [0, 0.05) is 6.20 Å². The summed E-state index contributed by atoms with van der Waals surface area (Å²) in [6, 6.07) is 10.3. The van der Waals surface area contributed by atoms with Crippen LogP contribution in [0.3, 0.4) is 0 Å². The second kappa shape index (κ2) is 4.06. The van der Waals surface area contributed by atoms with Crippen LogP contribution in [0.1, 0.15) is 31.9 Å². The van der Waals surface area contributed by atoms with Gasteiger partial charge in [0.15, 0.2) is 0 Å². The molecule has 2 aromatic rings. The van der Waals surface area contributed by atoms with Crippen molar-refractivity contribution in [2.24, 2.45) is 0 Å². The first-order valence-corrected chi connectivity index (χ1v) is 5.56. The molecule has 0 unspecified atom stereocenters. The largest absolute Gasteiger partial charge is 0.240 e. The lowest BCUT2D eigenvalue weighted by Crippen LogP contribution is -2.10. The molecule has 0 aliphatic rings. The predicted octanol–water partition coefficient (Wildman–Crippen LogP) is 3.04. The number of nitrogens with zero attached hydrogens (tertiary/aromatic N) is 3. The molecule has 0 amide bonds. The Morgan fingerprint density at radius 2 is 1.82 bits per heavy atom. The molecule has 0 spiro atoms. The standard InChI is InChI=1S/C14H15N3/c1-14(2,3)12-4-6-13(7-5-12)17-10-11(8-15)9-16-17/h4-7,9-10H,1-3H3. The van der Waals surface area contributed by atoms with Crippen molar-refractivity contribution in [3.05, 3.63) is 47.8 Å². The van der Waals surface area contributed by atoms with E-state index in [1.807, 2.05) is 12.1 Å². The van der Waals surface area contributed by atoms with Crippen LogP contribution in [0.2, 0.25) is 0 Å². The van der Waals surface area contributed by atoms with Crippen LogP contribution in [0.5, 0.6) is 0 Å². The molecule has 0 aliphatic heterocycles. The van der Waals surface area contributed by atoms with E-state index in [-0.39, 0.29) is 5.41 Å². The molecule has 1 aromatic carbocycles. The average molecular weight is 225 g/mol. The molecule has 0 saturated carbocycles. The number of hydrogen-bond donors (Lipinski definition) is 0. The van der Waals surface area contributed by atoms with Gasteiger partial charge in [-0.2, -0.15) is 10.4 Å². The number of benzene rings is 1. The summed E-state index contributed by atoms with van der Waals surface area (Å²) in [4.78, 5) is 0. The van der Waals surface area contributed by atoms with E-state index in [1.165, 1.54) is 5.56 Å². The molecule has 0 atom stereocenters. The Morgan fingerprint density at radius 3 is 2.29 bits per heavy atom. The minimum atomic E-state index is 0.153. The van der Waals surface area contributed by atoms with Gasteiger partial charge in [-0.3, -0.25) is 0 Å². The van der Waals surface area contributed by atoms with Crippen molar-refractivity contribution in [3.8, 4) is 11.8 Å². The van der Waals surface area contributed by atoms with Crippen molar-refractivity contribution in [2.45, 2.75) is 26.2 Å². The van der Waals surface area contributed by atoms with Crippen molar-refractivity contribution in [3.63, 3.8) is 0 Å². The molecule has 0 saturated heterocycles. The van der Waals surface area contributed by atoms with Gasteiger partial charge >= 0.3 is 0 Å². The minimum Gasteiger partial charge on any atom is -0.240 e. The van der Waals surface area contributed by atoms with Gasteiger partial charge in [0.2, 0.25) is 0 Å². The zero-order valence-electron chi connectivity index (χ0n) is 10.3. The van der Waals surface area contributed by atoms with Crippen molar-refractivity contribution < 1.29 is 0 Å². The monoisotopic (exact) mass is 225 g/mol. The van der Waals surface area contributed by atoms with Gasteiger partial charge in [0.05, 0.1) is 17.4 Å². The van der Waals surface area contributed by atoms with Crippen LogP contribution in [0.25, 0.3) is 5.69 Å². The Hall–Kier alpha value is -2.08. The van der Waals surface area contributed by atoms with Crippen molar-refractivity contribution in [1.29, 1.82) is 5.26 Å². The molecule has 86 valence electrons. The average Bonchev–Trinajstić information content (AvgIpc) is 2.76. The minimum absolute atomic E-state index is 0.153. The highest BCUT2D eigenvalue weighted by Gasteiger charge is 2.13. The predicted molar refractivity (Wildman–Crippen MR) is 67.0 cm³/mol. The highest BCUT2D eigenvalue weighted by atomic mass is 15.3. The van der Waals surface area contributed by atoms with Crippen molar-refractivity contribution >= 4 is 0 Å². The van der Waals surface area contributed by atoms with Crippen LogP contribution in [0.15, 0.2) is 36.7 Å². The second-order valence-corrected chi connectivity index (χ2v) is 5.08. The Balaban J connectivity index is 2.33. The second-order valence-electron chi connectivity index (χ2n) is 5.08. The lowest BCUT2D eigenvalue weighted by Gasteiger charge is -2.19. The van der Waals surface area contributed by atoms with Crippen LogP contribution in [0, 0.1) is 11.3 Å². The summed E-state index contributed by atoms with van der Waals surface area (Å²) < 4.78 is 1.71. The van der Waals surface area contributed by atoms with Gasteiger partial charge in [-0.05, 0) is 23.1 Å². The zero-order valence-corrected chi connectivity index (χ0v) is 10.3. The van der Waals surface area contributed by atoms with E-state index in [2.05, 4.69) is 44.1 Å². The molecular formula is C14H15N3. The fourth-order valence-corrected chi connectivity index (χ4v) is 1.64. The smallest absolute Gasteiger partial charge is 0.102 e. The van der Waals surface area contributed by atoms with E-state index in [1.54, 1.807) is 17.1 Å². The molecular weight excluding hydrogens is 210 g/mol. The van der Waals surface area contributed by atoms with E-state index in [0.29, 0.717) is 5.56 Å². The van der Waals surface area contributed by atoms with E-state index >= 15 is 0 Å². The van der Waals surface area contributed by atoms with Gasteiger partial charge in [-0.1, -0.05) is 32.9 Å². The number of rotatable bonds is 1. The number of aromatic nitrogens is 2. The maximum Gasteiger partial charge on any atom is 0.102 e. The molecule has 3 heteroatoms. The summed E-state index contributed by atoms with van der Waals surface area (Å²) in [7, 11) is 0. The van der Waals surface area contributed by atoms with Gasteiger partial charge in [-0.25, -0.2) is 4.68 Å². The molecule has 0 fully saturated rings. The number of nitriles is 1. The molecule has 17 heavy (non-hydrogen) atoms. The van der Waals surface area contributed by atoms with E-state index in [0.717, 1.165) is 5.69 Å². The quantitative estimate of drug-likeness (QED) is 0.748. The van der Waals surface area contributed by atoms with E-state index < -0.39 is 0 Å². The Kier molecular flexibility index (Phi) is 2.72. The van der Waals surface area contributed by atoms with Crippen LogP contribution < -0.4 is 0 Å². The van der Waals surface area contributed by atoms with Gasteiger partial charge < -0.3 is 0 Å². The number of hydrogen-bond acceptors (Lipinski definition) is 2. The topological polar surface area (TPSA) is 41.6 Å². The van der Waals surface area contributed by atoms with E-state index in [4.69, 9.17) is 5.26 Å². The first kappa shape index (κ1) is 11.4. The summed E-state index contributed by atoms with van der Waals surface area (Å²) in [5.41, 5.74) is 2.99. The third-order valence-electron chi connectivity index (χ3n) is 2.71. The molecule has 3 nitrogen and oxygen atoms in total. The molecule has 0 aliphatic carbocycles. The van der Waals surface area contributed by atoms with Crippen molar-refractivity contribution in [1.82, 2.24) is 9.78 Å². The summed E-state index contributed by atoms with van der Waals surface area (Å²) in [5, 5.41) is 12.9. The summed E-state index contributed by atoms with van der Waals surface area (Å²) in [5.74, 6) is 0. The van der Waals surface area contributed by atoms with Crippen LogP contribution in [-0.4, -0.2) is 9.78 Å². The molecule has 1 heterocycles. The fourth-order valence-electron chi connectivity index (χ4n) is 1.64. The Labute approximate surface area is 101 Å². The normalized spacial score (nSPS) is 11.2. The molecule has 0 N–H and O–H groups in total. The Bertz CT molecular complexity index is 550. The lowest BCUT2D eigenvalue weighted by molar-refractivity contribution is 0.590. The summed E-state index contributed by atoms with van der Waals surface area (Å²) in [6.07, 6.45) is 3.30. The van der Waals surface area contributed by atoms with Gasteiger partial charge in [0.25, 0.3) is 0 Å². The third-order valence-corrected chi connectivity index (χ3v) is 2.71. The molecule has 1 aromatic heterocycles. The maximum atomic E-state index is 8.75. The van der Waals surface area contributed by atoms with Gasteiger partial charge in [-0.15, -0.1) is 0 Å². The first-order valence-electron chi connectivity index (χ1n) is 5.56. The molecule has 2 rings (SSSR count). The highest BCUT2D eigenvalue weighted by molar-refractivity contribution is 5.37. The SMILES string of the molecule is CC(C)(C)c1ccc(-n2cc(C#N)cn2)cc1. The Morgan fingerprint density at radius 1 is 1.18 bits per heavy atom. The van der Waals surface area contributed by atoms with Gasteiger partial charge in [0.1, 0.15) is 6.07 Å². The lowest BCUT2D eigenvalue weighted by atomic mass is 9.87. The first-order chi connectivity index (χ1) is 8.00. The summed E-state index contributed by atoms with van der Waals surface area (Å²) >= 11 is 0. The van der Waals surface area contributed by atoms with E-state index in [9.17, 15) is 0 Å². The molecule has 0 bridgehead atoms. The van der Waals surface area contributed by atoms with Crippen molar-refractivity contribution in [2.75, 3.05) is 0 Å². The van der Waals surface area contributed by atoms with Crippen LogP contribution >= 0.6 is 0 Å². The summed E-state index contributed by atoms with van der Waals surface area (Å²) in [6.45, 7) is 6.55. The fraction of sp³-hybridized carbons (Fsp3) is 0.286. The third kappa shape index (κ3) is 2.36. The molecule has 0 radical (unpaired) electrons. The zero-order chi connectivity index (χ0) is 12.5. The maximum absolute atomic E-state index is 8.75. The van der Waals surface area contributed by atoms with Crippen LogP contribution in [-0.2, 0) is 5.41 Å².